The molecule has 2 aromatic rings. The van der Waals surface area contributed by atoms with Gasteiger partial charge in [-0.1, -0.05) is 64.6 Å². The van der Waals surface area contributed by atoms with E-state index in [0.29, 0.717) is 10.6 Å². The first-order valence-corrected chi connectivity index (χ1v) is 7.31. The molecule has 0 radical (unpaired) electrons. The molecule has 0 fully saturated rings. The van der Waals surface area contributed by atoms with Crippen molar-refractivity contribution in [3.63, 3.8) is 0 Å². The summed E-state index contributed by atoms with van der Waals surface area (Å²) in [7, 11) is 0. The zero-order valence-electron chi connectivity index (χ0n) is 10.8. The van der Waals surface area contributed by atoms with Gasteiger partial charge in [-0.2, -0.15) is 5.10 Å². The molecular weight excluding hydrogens is 370 g/mol. The van der Waals surface area contributed by atoms with Gasteiger partial charge < -0.3 is 5.73 Å². The molecule has 0 bridgehead atoms. The number of halogens is 4. The molecule has 0 spiro atoms. The van der Waals surface area contributed by atoms with E-state index in [0.717, 1.165) is 0 Å². The number of carbonyl (C=O) groups is 1. The van der Waals surface area contributed by atoms with Gasteiger partial charge in [0.2, 0.25) is 0 Å². The summed E-state index contributed by atoms with van der Waals surface area (Å²) in [6.45, 7) is 0. The highest BCUT2D eigenvalue weighted by Gasteiger charge is 2.19. The molecular formula is C13H8Cl4N4O. The van der Waals surface area contributed by atoms with Gasteiger partial charge in [0.05, 0.1) is 16.9 Å². The second kappa shape index (κ2) is 7.15. The summed E-state index contributed by atoms with van der Waals surface area (Å²) in [4.78, 5) is 15.8. The van der Waals surface area contributed by atoms with Crippen molar-refractivity contribution in [2.24, 2.45) is 5.10 Å². The molecule has 1 aromatic carbocycles. The van der Waals surface area contributed by atoms with Gasteiger partial charge in [0.1, 0.15) is 5.02 Å². The Balaban J connectivity index is 2.19. The van der Waals surface area contributed by atoms with Gasteiger partial charge in [-0.3, -0.25) is 4.79 Å². The normalized spacial score (nSPS) is 10.9. The van der Waals surface area contributed by atoms with E-state index in [4.69, 9.17) is 52.1 Å². The summed E-state index contributed by atoms with van der Waals surface area (Å²) in [6, 6.07) is 7.00. The molecule has 9 heteroatoms. The van der Waals surface area contributed by atoms with Gasteiger partial charge in [-0.05, 0) is 6.07 Å². The number of nitrogens with two attached hydrogens (primary N) is 1. The van der Waals surface area contributed by atoms with Crippen molar-refractivity contribution in [2.75, 3.05) is 5.73 Å². The molecule has 22 heavy (non-hydrogen) atoms. The largest absolute Gasteiger partial charge is 0.396 e. The fourth-order valence-electron chi connectivity index (χ4n) is 1.47. The number of pyridine rings is 1. The van der Waals surface area contributed by atoms with Crippen LogP contribution in [0, 0.1) is 0 Å². The maximum absolute atomic E-state index is 12.0. The van der Waals surface area contributed by atoms with E-state index in [9.17, 15) is 4.79 Å². The number of hydrogen-bond acceptors (Lipinski definition) is 4. The number of rotatable bonds is 3. The van der Waals surface area contributed by atoms with Crippen molar-refractivity contribution < 1.29 is 4.79 Å². The summed E-state index contributed by atoms with van der Waals surface area (Å²) < 4.78 is 0. The fraction of sp³-hybridized carbons (Fsp3) is 0. The van der Waals surface area contributed by atoms with Crippen LogP contribution in [-0.2, 0) is 0 Å². The van der Waals surface area contributed by atoms with Crippen LogP contribution >= 0.6 is 46.4 Å². The van der Waals surface area contributed by atoms with Crippen LogP contribution < -0.4 is 11.2 Å². The van der Waals surface area contributed by atoms with E-state index in [2.05, 4.69) is 15.5 Å². The minimum atomic E-state index is -0.682. The Morgan fingerprint density at radius 2 is 1.86 bits per heavy atom. The number of nitrogens with zero attached hydrogens (tertiary/aromatic N) is 2. The third-order valence-corrected chi connectivity index (χ3v) is 4.04. The third kappa shape index (κ3) is 3.62. The molecule has 1 amide bonds. The topological polar surface area (TPSA) is 80.4 Å². The summed E-state index contributed by atoms with van der Waals surface area (Å²) in [5, 5.41) is 4.04. The summed E-state index contributed by atoms with van der Waals surface area (Å²) in [6.07, 6.45) is 1.38. The second-order valence-electron chi connectivity index (χ2n) is 4.01. The number of aromatic nitrogens is 1. The Labute approximate surface area is 146 Å². The van der Waals surface area contributed by atoms with Crippen LogP contribution in [0.4, 0.5) is 5.69 Å². The van der Waals surface area contributed by atoms with Crippen LogP contribution in [0.25, 0.3) is 0 Å². The Bertz CT molecular complexity index is 764. The van der Waals surface area contributed by atoms with Crippen LogP contribution in [0.1, 0.15) is 16.1 Å². The lowest BCUT2D eigenvalue weighted by Gasteiger charge is -2.07. The predicted octanol–water partition coefficient (Wildman–Crippen LogP) is 4.04. The molecule has 0 atom stereocenters. The molecule has 0 saturated carbocycles. The standard InChI is InChI=1S/C13H8Cl4N4O/c14-7-4-2-1-3-6(7)5-19-21-13(22)11-8(15)10(18)9(16)12(17)20-11/h1-5H,(H2,18,20)(H,21,22)/b19-5-. The van der Waals surface area contributed by atoms with Gasteiger partial charge in [0.15, 0.2) is 10.8 Å². The minimum Gasteiger partial charge on any atom is -0.396 e. The molecule has 0 aliphatic rings. The first-order chi connectivity index (χ1) is 10.4. The molecule has 5 nitrogen and oxygen atoms in total. The fourth-order valence-corrected chi connectivity index (χ4v) is 2.25. The average Bonchev–Trinajstić information content (AvgIpc) is 2.50. The van der Waals surface area contributed by atoms with Gasteiger partial charge in [-0.25, -0.2) is 10.4 Å². The highest BCUT2D eigenvalue weighted by molar-refractivity contribution is 6.46. The lowest BCUT2D eigenvalue weighted by molar-refractivity contribution is 0.0950. The number of hydrazone groups is 1. The quantitative estimate of drug-likeness (QED) is 0.481. The summed E-state index contributed by atoms with van der Waals surface area (Å²) >= 11 is 23.4. The lowest BCUT2D eigenvalue weighted by atomic mass is 10.2. The van der Waals surface area contributed by atoms with Gasteiger partial charge in [0.25, 0.3) is 5.91 Å². The first kappa shape index (κ1) is 16.8. The molecule has 2 rings (SSSR count). The third-order valence-electron chi connectivity index (χ3n) is 2.56. The number of anilines is 1. The maximum Gasteiger partial charge on any atom is 0.291 e. The Hall–Kier alpha value is -1.53. The first-order valence-electron chi connectivity index (χ1n) is 5.79. The molecule has 114 valence electrons. The van der Waals surface area contributed by atoms with Crippen molar-refractivity contribution >= 4 is 64.2 Å². The average molecular weight is 378 g/mol. The smallest absolute Gasteiger partial charge is 0.291 e. The Morgan fingerprint density at radius 3 is 2.55 bits per heavy atom. The lowest BCUT2D eigenvalue weighted by Crippen LogP contribution is -2.20. The van der Waals surface area contributed by atoms with E-state index in [1.807, 2.05) is 0 Å². The van der Waals surface area contributed by atoms with Crippen LogP contribution in [0.3, 0.4) is 0 Å². The summed E-state index contributed by atoms with van der Waals surface area (Å²) in [5.74, 6) is -0.682. The highest BCUT2D eigenvalue weighted by atomic mass is 35.5. The van der Waals surface area contributed by atoms with E-state index in [1.165, 1.54) is 6.21 Å². The van der Waals surface area contributed by atoms with Crippen LogP contribution in [-0.4, -0.2) is 17.1 Å². The molecule has 1 aromatic heterocycles. The number of amides is 1. The monoisotopic (exact) mass is 376 g/mol. The molecule has 0 saturated heterocycles. The van der Waals surface area contributed by atoms with Crippen LogP contribution in [0.5, 0.6) is 0 Å². The van der Waals surface area contributed by atoms with E-state index in [1.54, 1.807) is 24.3 Å². The Kier molecular flexibility index (Phi) is 5.47. The number of carbonyl (C=O) groups excluding carboxylic acids is 1. The summed E-state index contributed by atoms with van der Waals surface area (Å²) in [5.41, 5.74) is 8.33. The second-order valence-corrected chi connectivity index (χ2v) is 5.53. The zero-order chi connectivity index (χ0) is 16.3. The van der Waals surface area contributed by atoms with Gasteiger partial charge in [-0.15, -0.1) is 0 Å². The van der Waals surface area contributed by atoms with E-state index < -0.39 is 5.91 Å². The predicted molar refractivity (Wildman–Crippen MR) is 90.2 cm³/mol. The molecule has 3 N–H and O–H groups in total. The van der Waals surface area contributed by atoms with Gasteiger partial charge >= 0.3 is 0 Å². The van der Waals surface area contributed by atoms with Crippen molar-refractivity contribution in [3.05, 3.63) is 55.7 Å². The van der Waals surface area contributed by atoms with Crippen LogP contribution in [0.2, 0.25) is 20.2 Å². The Morgan fingerprint density at radius 1 is 1.18 bits per heavy atom. The molecule has 0 unspecified atom stereocenters. The van der Waals surface area contributed by atoms with E-state index >= 15 is 0 Å². The number of benzene rings is 1. The van der Waals surface area contributed by atoms with E-state index in [-0.39, 0.29) is 26.6 Å². The molecule has 0 aliphatic heterocycles. The van der Waals surface area contributed by atoms with Crippen molar-refractivity contribution in [1.82, 2.24) is 10.4 Å². The number of nitrogens with one attached hydrogen (secondary N) is 1. The highest BCUT2D eigenvalue weighted by Crippen LogP contribution is 2.34. The number of nitrogen functional groups attached to an aromatic ring is 1. The van der Waals surface area contributed by atoms with Crippen molar-refractivity contribution in [3.8, 4) is 0 Å². The number of hydrogen-bond donors (Lipinski definition) is 2. The van der Waals surface area contributed by atoms with Crippen LogP contribution in [0.15, 0.2) is 29.4 Å². The maximum atomic E-state index is 12.0. The van der Waals surface area contributed by atoms with Gasteiger partial charge in [0, 0.05) is 10.6 Å². The van der Waals surface area contributed by atoms with Crippen molar-refractivity contribution in [1.29, 1.82) is 0 Å². The molecule has 0 aliphatic carbocycles. The zero-order valence-corrected chi connectivity index (χ0v) is 13.8. The molecule has 1 heterocycles. The van der Waals surface area contributed by atoms with Crippen molar-refractivity contribution in [2.45, 2.75) is 0 Å². The SMILES string of the molecule is Nc1c(Cl)c(Cl)nc(C(=O)N/N=C\c2ccccc2Cl)c1Cl. The minimum absolute atomic E-state index is 0.0113.